The Morgan fingerprint density at radius 1 is 0.909 bits per heavy atom. The first kappa shape index (κ1) is 8.25. The number of aromatic nitrogens is 1. The summed E-state index contributed by atoms with van der Waals surface area (Å²) in [5.41, 5.74) is 1.06. The smallest absolute Gasteiger partial charge is 0.0701 e. The van der Waals surface area contributed by atoms with Gasteiger partial charge in [0.1, 0.15) is 0 Å². The van der Waals surface area contributed by atoms with Crippen LogP contribution in [0.2, 0.25) is 0 Å². The minimum absolute atomic E-state index is 0. The maximum atomic E-state index is 4.18. The molecule has 0 spiro atoms. The van der Waals surface area contributed by atoms with Crippen molar-refractivity contribution in [2.24, 2.45) is 0 Å². The van der Waals surface area contributed by atoms with Crippen LogP contribution in [-0.2, 0) is 0 Å². The summed E-state index contributed by atoms with van der Waals surface area (Å²) < 4.78 is 0. The van der Waals surface area contributed by atoms with Gasteiger partial charge in [0.25, 0.3) is 0 Å². The molecular weight excluding hydrogens is 201 g/mol. The van der Waals surface area contributed by atoms with Crippen molar-refractivity contribution in [2.45, 2.75) is 0 Å². The SMILES string of the molecule is [Se].c1ccc2ncccc2c1. The van der Waals surface area contributed by atoms with Gasteiger partial charge < -0.3 is 0 Å². The molecule has 0 saturated heterocycles. The first-order valence-electron chi connectivity index (χ1n) is 3.26. The minimum atomic E-state index is 0. The first-order chi connectivity index (χ1) is 4.97. The van der Waals surface area contributed by atoms with Gasteiger partial charge in [0.05, 0.1) is 5.52 Å². The van der Waals surface area contributed by atoms with Crippen LogP contribution in [0.4, 0.5) is 0 Å². The third kappa shape index (κ3) is 1.59. The molecule has 2 radical (unpaired) electrons. The quantitative estimate of drug-likeness (QED) is 0.602. The Balaban J connectivity index is 0.000000605. The molecule has 1 aromatic carbocycles. The largest absolute Gasteiger partial charge is 0.256 e. The molecule has 0 amide bonds. The molecule has 0 unspecified atom stereocenters. The van der Waals surface area contributed by atoms with Crippen LogP contribution in [0.15, 0.2) is 42.6 Å². The summed E-state index contributed by atoms with van der Waals surface area (Å²) in [6.45, 7) is 0. The fourth-order valence-corrected chi connectivity index (χ4v) is 1.02. The maximum absolute atomic E-state index is 4.18. The van der Waals surface area contributed by atoms with Crippen molar-refractivity contribution < 1.29 is 0 Å². The summed E-state index contributed by atoms with van der Waals surface area (Å²) in [5, 5.41) is 1.20. The summed E-state index contributed by atoms with van der Waals surface area (Å²) in [6.07, 6.45) is 1.81. The second-order valence-electron chi connectivity index (χ2n) is 2.20. The van der Waals surface area contributed by atoms with Crippen LogP contribution in [-0.4, -0.2) is 22.1 Å². The summed E-state index contributed by atoms with van der Waals surface area (Å²) in [5.74, 6) is 0. The molecule has 1 heterocycles. The number of pyridine rings is 1. The van der Waals surface area contributed by atoms with Crippen LogP contribution in [0.1, 0.15) is 0 Å². The predicted octanol–water partition coefficient (Wildman–Crippen LogP) is 1.85. The Morgan fingerprint density at radius 3 is 2.45 bits per heavy atom. The Morgan fingerprint density at radius 2 is 1.64 bits per heavy atom. The van der Waals surface area contributed by atoms with Crippen molar-refractivity contribution in [2.75, 3.05) is 0 Å². The second-order valence-corrected chi connectivity index (χ2v) is 2.20. The van der Waals surface area contributed by atoms with E-state index >= 15 is 0 Å². The zero-order valence-corrected chi connectivity index (χ0v) is 7.61. The number of para-hydroxylation sites is 1. The van der Waals surface area contributed by atoms with Crippen LogP contribution in [0.5, 0.6) is 0 Å². The first-order valence-corrected chi connectivity index (χ1v) is 3.26. The van der Waals surface area contributed by atoms with E-state index in [0.29, 0.717) is 0 Å². The van der Waals surface area contributed by atoms with Crippen LogP contribution in [0, 0.1) is 0 Å². The number of nitrogens with zero attached hydrogens (tertiary/aromatic N) is 1. The molecule has 11 heavy (non-hydrogen) atoms. The molecule has 0 aliphatic heterocycles. The van der Waals surface area contributed by atoms with Crippen molar-refractivity contribution in [1.29, 1.82) is 0 Å². The standard InChI is InChI=1S/C9H7N.Se/c1-2-6-9-8(4-1)5-3-7-10-9;/h1-7H;. The number of hydrogen-bond acceptors (Lipinski definition) is 1. The van der Waals surface area contributed by atoms with Gasteiger partial charge in [0.2, 0.25) is 0 Å². The molecule has 0 aliphatic rings. The molecule has 0 aliphatic carbocycles. The summed E-state index contributed by atoms with van der Waals surface area (Å²) in [4.78, 5) is 4.18. The van der Waals surface area contributed by atoms with Gasteiger partial charge in [-0.15, -0.1) is 0 Å². The van der Waals surface area contributed by atoms with Gasteiger partial charge in [-0.3, -0.25) is 4.98 Å². The van der Waals surface area contributed by atoms with E-state index in [9.17, 15) is 0 Å². The van der Waals surface area contributed by atoms with Crippen molar-refractivity contribution in [3.63, 3.8) is 0 Å². The molecule has 0 fully saturated rings. The van der Waals surface area contributed by atoms with Gasteiger partial charge in [-0.25, -0.2) is 0 Å². The normalized spacial score (nSPS) is 9.09. The predicted molar refractivity (Wildman–Crippen MR) is 47.5 cm³/mol. The topological polar surface area (TPSA) is 12.9 Å². The Bertz CT molecular complexity index is 281. The van der Waals surface area contributed by atoms with Gasteiger partial charge in [0.15, 0.2) is 0 Å². The Kier molecular flexibility index (Phi) is 2.64. The van der Waals surface area contributed by atoms with Crippen LogP contribution < -0.4 is 0 Å². The molecule has 0 bridgehead atoms. The van der Waals surface area contributed by atoms with Gasteiger partial charge in [0, 0.05) is 28.7 Å². The molecule has 2 aromatic rings. The Labute approximate surface area is 75.9 Å². The van der Waals surface area contributed by atoms with E-state index in [4.69, 9.17) is 0 Å². The molecule has 54 valence electrons. The van der Waals surface area contributed by atoms with Gasteiger partial charge in [-0.1, -0.05) is 24.3 Å². The Hall–Kier alpha value is -0.851. The number of benzene rings is 1. The minimum Gasteiger partial charge on any atom is -0.256 e. The molecule has 1 nitrogen and oxygen atoms in total. The monoisotopic (exact) mass is 209 g/mol. The third-order valence-electron chi connectivity index (χ3n) is 1.51. The van der Waals surface area contributed by atoms with Crippen LogP contribution in [0.25, 0.3) is 10.9 Å². The van der Waals surface area contributed by atoms with E-state index in [1.165, 1.54) is 5.39 Å². The number of rotatable bonds is 0. The molecular formula is C9H7NSe. The van der Waals surface area contributed by atoms with Crippen LogP contribution in [0.3, 0.4) is 0 Å². The fraction of sp³-hybridized carbons (Fsp3) is 0. The van der Waals surface area contributed by atoms with Crippen molar-refractivity contribution in [1.82, 2.24) is 4.98 Å². The summed E-state index contributed by atoms with van der Waals surface area (Å²) >= 11 is 0. The molecule has 0 N–H and O–H groups in total. The van der Waals surface area contributed by atoms with E-state index in [1.54, 1.807) is 0 Å². The molecule has 0 saturated carbocycles. The zero-order chi connectivity index (χ0) is 6.81. The van der Waals surface area contributed by atoms with Gasteiger partial charge in [-0.05, 0) is 12.1 Å². The van der Waals surface area contributed by atoms with E-state index in [0.717, 1.165) is 5.52 Å². The van der Waals surface area contributed by atoms with Crippen LogP contribution >= 0.6 is 0 Å². The maximum Gasteiger partial charge on any atom is 0.0701 e. The second kappa shape index (κ2) is 3.51. The average molecular weight is 208 g/mol. The molecule has 1 aromatic heterocycles. The molecule has 0 atom stereocenters. The number of hydrogen-bond donors (Lipinski definition) is 0. The summed E-state index contributed by atoms with van der Waals surface area (Å²) in [6, 6.07) is 12.1. The number of fused-ring (bicyclic) bond motifs is 1. The van der Waals surface area contributed by atoms with Gasteiger partial charge in [-0.2, -0.15) is 0 Å². The van der Waals surface area contributed by atoms with Crippen molar-refractivity contribution in [3.8, 4) is 0 Å². The van der Waals surface area contributed by atoms with Gasteiger partial charge >= 0.3 is 0 Å². The van der Waals surface area contributed by atoms with E-state index < -0.39 is 0 Å². The molecule has 2 rings (SSSR count). The van der Waals surface area contributed by atoms with E-state index in [-0.39, 0.29) is 17.1 Å². The van der Waals surface area contributed by atoms with Crippen molar-refractivity contribution in [3.05, 3.63) is 42.6 Å². The van der Waals surface area contributed by atoms with E-state index in [1.807, 2.05) is 30.5 Å². The average Bonchev–Trinajstić information content (AvgIpc) is 2.05. The third-order valence-corrected chi connectivity index (χ3v) is 1.51. The summed E-state index contributed by atoms with van der Waals surface area (Å²) in [7, 11) is 0. The molecule has 2 heteroatoms. The zero-order valence-electron chi connectivity index (χ0n) is 5.90. The fourth-order valence-electron chi connectivity index (χ4n) is 1.02. The van der Waals surface area contributed by atoms with E-state index in [2.05, 4.69) is 17.1 Å². The van der Waals surface area contributed by atoms with Crippen molar-refractivity contribution >= 4 is 28.0 Å².